The molecule has 2 aromatic rings. The maximum absolute atomic E-state index is 3.72. The fourth-order valence-electron chi connectivity index (χ4n) is 3.41. The van der Waals surface area contributed by atoms with E-state index >= 15 is 0 Å². The lowest BCUT2D eigenvalue weighted by atomic mass is 9.78. The molecule has 0 fully saturated rings. The van der Waals surface area contributed by atoms with E-state index in [4.69, 9.17) is 0 Å². The molecule has 2 atom stereocenters. The van der Waals surface area contributed by atoms with E-state index in [-0.39, 0.29) is 0 Å². The van der Waals surface area contributed by atoms with E-state index in [1.54, 1.807) is 11.1 Å². The van der Waals surface area contributed by atoms with Crippen molar-refractivity contribution in [1.82, 2.24) is 5.32 Å². The van der Waals surface area contributed by atoms with Crippen molar-refractivity contribution in [3.8, 4) is 0 Å². The fourth-order valence-corrected chi connectivity index (χ4v) is 4.15. The van der Waals surface area contributed by atoms with Gasteiger partial charge in [0.05, 0.1) is 0 Å². The molecule has 1 heterocycles. The summed E-state index contributed by atoms with van der Waals surface area (Å²) in [5.41, 5.74) is 4.60. The number of rotatable bonds is 4. The largest absolute Gasteiger partial charge is 0.310 e. The molecule has 3 rings (SSSR count). The highest BCUT2D eigenvalue weighted by atomic mass is 32.1. The molecule has 0 saturated heterocycles. The molecule has 1 nitrogen and oxygen atoms in total. The smallest absolute Gasteiger partial charge is 0.0360 e. The van der Waals surface area contributed by atoms with Gasteiger partial charge >= 0.3 is 0 Å². The number of fused-ring (bicyclic) bond motifs is 1. The molecule has 0 radical (unpaired) electrons. The van der Waals surface area contributed by atoms with Crippen molar-refractivity contribution in [3.05, 3.63) is 57.3 Å². The molecule has 0 amide bonds. The standard InChI is InChI=1S/C18H23NS/c1-3-19-18(17-10-13(2)20-12-17)16-9-8-14-6-4-5-7-15(14)11-16/h4-7,10,12,16,18-19H,3,8-9,11H2,1-2H3. The Morgan fingerprint density at radius 3 is 2.80 bits per heavy atom. The van der Waals surface area contributed by atoms with Gasteiger partial charge in [0.15, 0.2) is 0 Å². The minimum atomic E-state index is 0.512. The van der Waals surface area contributed by atoms with Crippen LogP contribution in [0.25, 0.3) is 0 Å². The van der Waals surface area contributed by atoms with Crippen LogP contribution in [0.2, 0.25) is 0 Å². The topological polar surface area (TPSA) is 12.0 Å². The third-order valence-corrected chi connectivity index (χ3v) is 5.27. The van der Waals surface area contributed by atoms with Gasteiger partial charge in [-0.25, -0.2) is 0 Å². The molecule has 1 aromatic heterocycles. The van der Waals surface area contributed by atoms with Crippen molar-refractivity contribution < 1.29 is 0 Å². The molecule has 2 unspecified atom stereocenters. The quantitative estimate of drug-likeness (QED) is 0.871. The Kier molecular flexibility index (Phi) is 4.23. The summed E-state index contributed by atoms with van der Waals surface area (Å²) in [6.07, 6.45) is 3.73. The number of benzene rings is 1. The first-order valence-electron chi connectivity index (χ1n) is 7.63. The minimum absolute atomic E-state index is 0.512. The Balaban J connectivity index is 1.83. The molecule has 1 aromatic carbocycles. The lowest BCUT2D eigenvalue weighted by Gasteiger charge is -2.32. The molecule has 2 heteroatoms. The van der Waals surface area contributed by atoms with E-state index in [9.17, 15) is 0 Å². The van der Waals surface area contributed by atoms with Crippen LogP contribution in [0.5, 0.6) is 0 Å². The van der Waals surface area contributed by atoms with Gasteiger partial charge in [0.25, 0.3) is 0 Å². The summed E-state index contributed by atoms with van der Waals surface area (Å²) in [6.45, 7) is 5.45. The number of thiophene rings is 1. The maximum Gasteiger partial charge on any atom is 0.0360 e. The van der Waals surface area contributed by atoms with Crippen molar-refractivity contribution in [3.63, 3.8) is 0 Å². The SMILES string of the molecule is CCNC(c1csc(C)c1)C1CCc2ccccc2C1. The summed E-state index contributed by atoms with van der Waals surface area (Å²) in [5, 5.41) is 6.06. The van der Waals surface area contributed by atoms with Crippen molar-refractivity contribution in [1.29, 1.82) is 0 Å². The first-order chi connectivity index (χ1) is 9.78. The highest BCUT2D eigenvalue weighted by Crippen LogP contribution is 2.35. The monoisotopic (exact) mass is 285 g/mol. The Labute approximate surface area is 126 Å². The van der Waals surface area contributed by atoms with Gasteiger partial charge in [-0.15, -0.1) is 11.3 Å². The van der Waals surface area contributed by atoms with E-state index in [1.807, 2.05) is 11.3 Å². The zero-order valence-corrected chi connectivity index (χ0v) is 13.2. The lowest BCUT2D eigenvalue weighted by molar-refractivity contribution is 0.331. The van der Waals surface area contributed by atoms with Gasteiger partial charge in [-0.05, 0) is 66.8 Å². The second-order valence-corrected chi connectivity index (χ2v) is 6.91. The molecule has 0 aliphatic heterocycles. The van der Waals surface area contributed by atoms with Crippen molar-refractivity contribution in [2.75, 3.05) is 6.54 Å². The van der Waals surface area contributed by atoms with Crippen LogP contribution >= 0.6 is 11.3 Å². The molecular formula is C18H23NS. The first-order valence-corrected chi connectivity index (χ1v) is 8.51. The third-order valence-electron chi connectivity index (χ3n) is 4.39. The number of aryl methyl sites for hydroxylation is 2. The number of nitrogens with one attached hydrogen (secondary N) is 1. The van der Waals surface area contributed by atoms with Gasteiger partial charge in [-0.3, -0.25) is 0 Å². The molecular weight excluding hydrogens is 262 g/mol. The predicted octanol–water partition coefficient (Wildman–Crippen LogP) is 4.51. The molecule has 106 valence electrons. The fraction of sp³-hybridized carbons (Fsp3) is 0.444. The van der Waals surface area contributed by atoms with Gasteiger partial charge in [0.1, 0.15) is 0 Å². The van der Waals surface area contributed by atoms with Gasteiger partial charge in [0, 0.05) is 10.9 Å². The summed E-state index contributed by atoms with van der Waals surface area (Å²) in [7, 11) is 0. The molecule has 0 spiro atoms. The van der Waals surface area contributed by atoms with Gasteiger partial charge in [0.2, 0.25) is 0 Å². The number of hydrogen-bond donors (Lipinski definition) is 1. The number of hydrogen-bond acceptors (Lipinski definition) is 2. The molecule has 0 bridgehead atoms. The lowest BCUT2D eigenvalue weighted by Crippen LogP contribution is -2.31. The Morgan fingerprint density at radius 1 is 1.30 bits per heavy atom. The average molecular weight is 285 g/mol. The van der Waals surface area contributed by atoms with E-state index < -0.39 is 0 Å². The van der Waals surface area contributed by atoms with Crippen LogP contribution in [0.15, 0.2) is 35.7 Å². The Hall–Kier alpha value is -1.12. The average Bonchev–Trinajstić information content (AvgIpc) is 2.90. The predicted molar refractivity (Wildman–Crippen MR) is 87.4 cm³/mol. The van der Waals surface area contributed by atoms with Crippen LogP contribution in [0, 0.1) is 12.8 Å². The van der Waals surface area contributed by atoms with Crippen molar-refractivity contribution in [2.45, 2.75) is 39.2 Å². The van der Waals surface area contributed by atoms with Crippen LogP contribution in [0.1, 0.15) is 41.0 Å². The highest BCUT2D eigenvalue weighted by molar-refractivity contribution is 7.10. The summed E-state index contributed by atoms with van der Waals surface area (Å²) in [5.74, 6) is 0.721. The zero-order valence-electron chi connectivity index (χ0n) is 12.4. The second kappa shape index (κ2) is 6.11. The molecule has 1 N–H and O–H groups in total. The zero-order chi connectivity index (χ0) is 13.9. The summed E-state index contributed by atoms with van der Waals surface area (Å²) in [4.78, 5) is 1.42. The van der Waals surface area contributed by atoms with Crippen LogP contribution < -0.4 is 5.32 Å². The summed E-state index contributed by atoms with van der Waals surface area (Å²) in [6, 6.07) is 11.8. The molecule has 1 aliphatic rings. The third kappa shape index (κ3) is 2.82. The van der Waals surface area contributed by atoms with E-state index in [1.165, 1.54) is 29.7 Å². The first kappa shape index (κ1) is 13.8. The van der Waals surface area contributed by atoms with Crippen molar-refractivity contribution in [2.24, 2.45) is 5.92 Å². The van der Waals surface area contributed by atoms with Crippen molar-refractivity contribution >= 4 is 11.3 Å². The molecule has 20 heavy (non-hydrogen) atoms. The van der Waals surface area contributed by atoms with Gasteiger partial charge in [-0.1, -0.05) is 31.2 Å². The van der Waals surface area contributed by atoms with Crippen LogP contribution in [0.3, 0.4) is 0 Å². The van der Waals surface area contributed by atoms with E-state index in [0.717, 1.165) is 12.5 Å². The van der Waals surface area contributed by atoms with Gasteiger partial charge in [-0.2, -0.15) is 0 Å². The van der Waals surface area contributed by atoms with E-state index in [0.29, 0.717) is 6.04 Å². The van der Waals surface area contributed by atoms with Crippen LogP contribution in [-0.4, -0.2) is 6.54 Å². The maximum atomic E-state index is 3.72. The Bertz CT molecular complexity index is 572. The highest BCUT2D eigenvalue weighted by Gasteiger charge is 2.27. The summed E-state index contributed by atoms with van der Waals surface area (Å²) < 4.78 is 0. The Morgan fingerprint density at radius 2 is 2.10 bits per heavy atom. The van der Waals surface area contributed by atoms with Crippen LogP contribution in [0.4, 0.5) is 0 Å². The molecule has 1 aliphatic carbocycles. The second-order valence-electron chi connectivity index (χ2n) is 5.80. The molecule has 0 saturated carbocycles. The minimum Gasteiger partial charge on any atom is -0.310 e. The van der Waals surface area contributed by atoms with Crippen LogP contribution in [-0.2, 0) is 12.8 Å². The summed E-state index contributed by atoms with van der Waals surface area (Å²) >= 11 is 1.87. The van der Waals surface area contributed by atoms with Gasteiger partial charge < -0.3 is 5.32 Å². The normalized spacial score (nSPS) is 19.6. The van der Waals surface area contributed by atoms with E-state index in [2.05, 4.69) is 54.9 Å².